The second kappa shape index (κ2) is 10.9. The van der Waals surface area contributed by atoms with Gasteiger partial charge < -0.3 is 5.32 Å². The van der Waals surface area contributed by atoms with Crippen molar-refractivity contribution in [2.75, 3.05) is 5.32 Å². The molecule has 1 N–H and O–H groups in total. The van der Waals surface area contributed by atoms with Crippen LogP contribution in [-0.4, -0.2) is 25.9 Å². The fourth-order valence-corrected chi connectivity index (χ4v) is 4.66. The van der Waals surface area contributed by atoms with E-state index in [1.165, 1.54) is 12.3 Å². The molecule has 0 atom stereocenters. The molecule has 34 heavy (non-hydrogen) atoms. The van der Waals surface area contributed by atoms with E-state index >= 15 is 0 Å². The molecule has 0 spiro atoms. The first-order chi connectivity index (χ1) is 16.4. The quantitative estimate of drug-likeness (QED) is 0.325. The van der Waals surface area contributed by atoms with Crippen LogP contribution in [0.25, 0.3) is 10.7 Å². The van der Waals surface area contributed by atoms with Crippen LogP contribution in [0, 0.1) is 18.0 Å². The Balaban J connectivity index is 1.43. The van der Waals surface area contributed by atoms with Crippen LogP contribution in [0.4, 0.5) is 10.3 Å². The Kier molecular flexibility index (Phi) is 7.66. The summed E-state index contributed by atoms with van der Waals surface area (Å²) >= 11 is 0.964. The van der Waals surface area contributed by atoms with Gasteiger partial charge in [-0.25, -0.2) is 24.7 Å². The molecule has 10 heteroatoms. The summed E-state index contributed by atoms with van der Waals surface area (Å²) < 4.78 is 14.2. The third-order valence-corrected chi connectivity index (χ3v) is 6.74. The van der Waals surface area contributed by atoms with Crippen molar-refractivity contribution in [1.82, 2.24) is 19.9 Å². The predicted octanol–water partition coefficient (Wildman–Crippen LogP) is 5.60. The molecular formula is C24H28FN5O3S. The molecule has 4 rings (SSSR count). The smallest absolute Gasteiger partial charge is 0.350 e. The number of hydrogen-bond acceptors (Lipinski definition) is 9. The number of hydrogen-bond donors (Lipinski definition) is 1. The Hall–Kier alpha value is -3.14. The van der Waals surface area contributed by atoms with Crippen LogP contribution >= 0.6 is 11.3 Å². The van der Waals surface area contributed by atoms with Crippen LogP contribution in [-0.2, 0) is 16.2 Å². The number of rotatable bonds is 8. The van der Waals surface area contributed by atoms with Gasteiger partial charge in [0.2, 0.25) is 11.7 Å². The Morgan fingerprint density at radius 3 is 2.76 bits per heavy atom. The fourth-order valence-electron chi connectivity index (χ4n) is 3.81. The van der Waals surface area contributed by atoms with E-state index in [1.807, 2.05) is 6.07 Å². The minimum Gasteiger partial charge on any atom is -0.350 e. The Labute approximate surface area is 201 Å². The second-order valence-corrected chi connectivity index (χ2v) is 9.68. The van der Waals surface area contributed by atoms with Gasteiger partial charge in [0.05, 0.1) is 22.7 Å². The average Bonchev–Trinajstić information content (AvgIpc) is 3.23. The monoisotopic (exact) mass is 485 g/mol. The maximum atomic E-state index is 14.2. The zero-order valence-electron chi connectivity index (χ0n) is 19.5. The largest absolute Gasteiger partial charge is 0.358 e. The van der Waals surface area contributed by atoms with Gasteiger partial charge in [0.25, 0.3) is 0 Å². The molecule has 0 saturated heterocycles. The van der Waals surface area contributed by atoms with Gasteiger partial charge >= 0.3 is 5.97 Å². The third-order valence-electron chi connectivity index (χ3n) is 5.77. The van der Waals surface area contributed by atoms with E-state index in [1.54, 1.807) is 13.1 Å². The topological polar surface area (TPSA) is 99.1 Å². The standard InChI is InChI=1S/C24H28FN5O3S/c1-14(2)18-9-10-26-24(30-18)28-12-17-11-20(25)34-21(17)22-27-13-19(15(3)29-22)32-33-23(31)16-7-5-4-6-8-16/h9-11,13-14,16H,4-8,12H2,1-3H3,(H,26,28,30). The molecule has 3 aromatic heterocycles. The zero-order chi connectivity index (χ0) is 24.1. The number of nitrogens with one attached hydrogen (secondary N) is 1. The lowest BCUT2D eigenvalue weighted by Crippen LogP contribution is -2.22. The molecule has 1 fully saturated rings. The summed E-state index contributed by atoms with van der Waals surface area (Å²) in [5.41, 5.74) is 2.10. The molecule has 1 aliphatic carbocycles. The zero-order valence-corrected chi connectivity index (χ0v) is 20.3. The van der Waals surface area contributed by atoms with Gasteiger partial charge in [0, 0.05) is 18.4 Å². The lowest BCUT2D eigenvalue weighted by atomic mass is 9.89. The molecule has 0 bridgehead atoms. The highest BCUT2D eigenvalue weighted by Crippen LogP contribution is 2.32. The number of carbonyl (C=O) groups is 1. The maximum Gasteiger partial charge on any atom is 0.358 e. The molecule has 1 aliphatic rings. The summed E-state index contributed by atoms with van der Waals surface area (Å²) in [6.45, 7) is 6.16. The van der Waals surface area contributed by atoms with E-state index in [9.17, 15) is 9.18 Å². The number of anilines is 1. The highest BCUT2D eigenvalue weighted by atomic mass is 32.1. The van der Waals surface area contributed by atoms with E-state index in [0.717, 1.165) is 49.1 Å². The highest BCUT2D eigenvalue weighted by Gasteiger charge is 2.24. The van der Waals surface area contributed by atoms with E-state index in [4.69, 9.17) is 9.78 Å². The Morgan fingerprint density at radius 2 is 2.03 bits per heavy atom. The van der Waals surface area contributed by atoms with Crippen LogP contribution in [0.15, 0.2) is 24.5 Å². The first kappa shape index (κ1) is 24.0. The molecule has 0 aliphatic heterocycles. The van der Waals surface area contributed by atoms with Crippen LogP contribution < -0.4 is 10.2 Å². The average molecular weight is 486 g/mol. The summed E-state index contributed by atoms with van der Waals surface area (Å²) in [5, 5.41) is 2.81. The van der Waals surface area contributed by atoms with Gasteiger partial charge in [-0.2, -0.15) is 4.39 Å². The van der Waals surface area contributed by atoms with Crippen molar-refractivity contribution in [2.24, 2.45) is 5.92 Å². The molecule has 3 aromatic rings. The molecule has 0 amide bonds. The number of carbonyl (C=O) groups excluding carboxylic acids is 1. The van der Waals surface area contributed by atoms with Crippen LogP contribution in [0.2, 0.25) is 0 Å². The molecule has 8 nitrogen and oxygen atoms in total. The maximum absolute atomic E-state index is 14.2. The van der Waals surface area contributed by atoms with Gasteiger partial charge in [-0.15, -0.1) is 11.3 Å². The van der Waals surface area contributed by atoms with Crippen molar-refractivity contribution in [1.29, 1.82) is 0 Å². The Morgan fingerprint density at radius 1 is 1.24 bits per heavy atom. The van der Waals surface area contributed by atoms with Gasteiger partial charge in [0.15, 0.2) is 11.0 Å². The van der Waals surface area contributed by atoms with Gasteiger partial charge in [-0.3, -0.25) is 9.78 Å². The second-order valence-electron chi connectivity index (χ2n) is 8.68. The number of aromatic nitrogens is 4. The van der Waals surface area contributed by atoms with E-state index in [0.29, 0.717) is 34.5 Å². The number of thiophene rings is 1. The van der Waals surface area contributed by atoms with Gasteiger partial charge in [-0.05, 0) is 43.4 Å². The van der Waals surface area contributed by atoms with Crippen molar-refractivity contribution < 1.29 is 19.0 Å². The number of nitrogens with zero attached hydrogens (tertiary/aromatic N) is 4. The predicted molar refractivity (Wildman–Crippen MR) is 127 cm³/mol. The number of aryl methyl sites for hydroxylation is 1. The lowest BCUT2D eigenvalue weighted by molar-refractivity contribution is -0.220. The summed E-state index contributed by atoms with van der Waals surface area (Å²) in [7, 11) is 0. The summed E-state index contributed by atoms with van der Waals surface area (Å²) in [4.78, 5) is 40.6. The summed E-state index contributed by atoms with van der Waals surface area (Å²) in [6, 6.07) is 3.33. The van der Waals surface area contributed by atoms with Crippen molar-refractivity contribution >= 4 is 23.3 Å². The summed E-state index contributed by atoms with van der Waals surface area (Å²) in [6.07, 6.45) is 7.99. The van der Waals surface area contributed by atoms with Crippen LogP contribution in [0.3, 0.4) is 0 Å². The van der Waals surface area contributed by atoms with Crippen molar-refractivity contribution in [3.05, 3.63) is 46.6 Å². The highest BCUT2D eigenvalue weighted by molar-refractivity contribution is 7.14. The summed E-state index contributed by atoms with van der Waals surface area (Å²) in [5.74, 6) is 0.889. The van der Waals surface area contributed by atoms with Crippen molar-refractivity contribution in [2.45, 2.75) is 65.3 Å². The normalized spacial score (nSPS) is 14.3. The van der Waals surface area contributed by atoms with Crippen LogP contribution in [0.1, 0.15) is 68.8 Å². The third kappa shape index (κ3) is 5.85. The van der Waals surface area contributed by atoms with Crippen LogP contribution in [0.5, 0.6) is 5.75 Å². The molecule has 1 saturated carbocycles. The van der Waals surface area contributed by atoms with E-state index in [2.05, 4.69) is 39.1 Å². The molecule has 180 valence electrons. The SMILES string of the molecule is Cc1nc(-c2sc(F)cc2CNc2nccc(C(C)C)n2)ncc1OOC(=O)C1CCCCC1. The number of halogens is 1. The first-order valence-corrected chi connectivity index (χ1v) is 12.3. The van der Waals surface area contributed by atoms with E-state index < -0.39 is 0 Å². The Bertz CT molecular complexity index is 1150. The molecule has 0 unspecified atom stereocenters. The van der Waals surface area contributed by atoms with Crippen molar-refractivity contribution in [3.63, 3.8) is 0 Å². The molecular weight excluding hydrogens is 457 g/mol. The van der Waals surface area contributed by atoms with Crippen molar-refractivity contribution in [3.8, 4) is 16.5 Å². The first-order valence-electron chi connectivity index (χ1n) is 11.5. The molecule has 0 aromatic carbocycles. The molecule has 3 heterocycles. The fraction of sp³-hybridized carbons (Fsp3) is 0.458. The lowest BCUT2D eigenvalue weighted by Gasteiger charge is -2.18. The minimum atomic E-state index is -0.361. The minimum absolute atomic E-state index is 0.122. The van der Waals surface area contributed by atoms with E-state index in [-0.39, 0.29) is 28.7 Å². The molecule has 0 radical (unpaired) electrons. The van der Waals surface area contributed by atoms with Gasteiger partial charge in [0.1, 0.15) is 0 Å². The van der Waals surface area contributed by atoms with Gasteiger partial charge in [-0.1, -0.05) is 33.1 Å².